The van der Waals surface area contributed by atoms with Crippen LogP contribution in [0.25, 0.3) is 0 Å². The normalized spacial score (nSPS) is 18.2. The summed E-state index contributed by atoms with van der Waals surface area (Å²) in [5, 5.41) is 58.4. The van der Waals surface area contributed by atoms with Crippen molar-refractivity contribution in [1.82, 2.24) is 5.32 Å². The molecule has 6 atom stereocenters. The van der Waals surface area contributed by atoms with Crippen molar-refractivity contribution in [2.24, 2.45) is 5.73 Å². The molecule has 6 unspecified atom stereocenters. The molecule has 0 spiro atoms. The van der Waals surface area contributed by atoms with Gasteiger partial charge in [-0.15, -0.1) is 23.5 Å². The third kappa shape index (κ3) is 9.02. The molecular formula is C13H24N2O9S2. The minimum Gasteiger partial charge on any atom is -0.480 e. The van der Waals surface area contributed by atoms with Crippen molar-refractivity contribution in [3.05, 3.63) is 0 Å². The van der Waals surface area contributed by atoms with Crippen LogP contribution in [-0.2, 0) is 14.4 Å². The molecule has 26 heavy (non-hydrogen) atoms. The van der Waals surface area contributed by atoms with E-state index in [0.29, 0.717) is 0 Å². The smallest absolute Gasteiger partial charge is 0.327 e. The average molecular weight is 416 g/mol. The predicted octanol–water partition coefficient (Wildman–Crippen LogP) is -3.14. The highest BCUT2D eigenvalue weighted by Crippen LogP contribution is 2.30. The Bertz CT molecular complexity index is 483. The van der Waals surface area contributed by atoms with Crippen molar-refractivity contribution in [3.63, 3.8) is 0 Å². The van der Waals surface area contributed by atoms with E-state index in [1.54, 1.807) is 0 Å². The number of carboxylic acids is 2. The van der Waals surface area contributed by atoms with Gasteiger partial charge in [-0.25, -0.2) is 4.79 Å². The van der Waals surface area contributed by atoms with Crippen molar-refractivity contribution in [2.75, 3.05) is 18.1 Å². The molecule has 0 aliphatic heterocycles. The Morgan fingerprint density at radius 1 is 1.00 bits per heavy atom. The number of aliphatic carboxylic acids is 2. The van der Waals surface area contributed by atoms with E-state index in [2.05, 4.69) is 5.32 Å². The van der Waals surface area contributed by atoms with E-state index in [1.165, 1.54) is 0 Å². The van der Waals surface area contributed by atoms with Crippen LogP contribution in [0.1, 0.15) is 6.92 Å². The zero-order valence-electron chi connectivity index (χ0n) is 13.9. The third-order valence-electron chi connectivity index (χ3n) is 3.07. The fraction of sp³-hybridized carbons (Fsp3) is 0.769. The number of hydrogen-bond acceptors (Lipinski definition) is 10. The van der Waals surface area contributed by atoms with E-state index in [9.17, 15) is 29.7 Å². The molecular weight excluding hydrogens is 392 g/mol. The molecule has 0 aromatic rings. The second kappa shape index (κ2) is 12.3. The summed E-state index contributed by atoms with van der Waals surface area (Å²) in [4.78, 5) is 33.0. The molecule has 0 rings (SSSR count). The van der Waals surface area contributed by atoms with Crippen LogP contribution in [0.5, 0.6) is 0 Å². The number of thioether (sulfide) groups is 2. The largest absolute Gasteiger partial charge is 0.480 e. The van der Waals surface area contributed by atoms with Gasteiger partial charge in [0.2, 0.25) is 5.91 Å². The lowest BCUT2D eigenvalue weighted by Gasteiger charge is -2.29. The lowest BCUT2D eigenvalue weighted by atomic mass is 10.1. The summed E-state index contributed by atoms with van der Waals surface area (Å²) < 4.78 is -0.979. The molecule has 0 saturated heterocycles. The fourth-order valence-corrected chi connectivity index (χ4v) is 4.34. The quantitative estimate of drug-likeness (QED) is 0.140. The number of carbonyl (C=O) groups is 3. The first-order valence-electron chi connectivity index (χ1n) is 7.37. The summed E-state index contributed by atoms with van der Waals surface area (Å²) in [6, 6.07) is -2.54. The van der Waals surface area contributed by atoms with E-state index < -0.39 is 59.4 Å². The van der Waals surface area contributed by atoms with Gasteiger partial charge in [0, 0.05) is 18.4 Å². The summed E-state index contributed by atoms with van der Waals surface area (Å²) in [5.41, 5.74) is 5.38. The van der Waals surface area contributed by atoms with Gasteiger partial charge in [0.1, 0.15) is 30.4 Å². The highest BCUT2D eigenvalue weighted by molar-refractivity contribution is 8.17. The molecule has 1 amide bonds. The number of nitrogens with one attached hydrogen (secondary N) is 1. The Labute approximate surface area is 158 Å². The summed E-state index contributed by atoms with van der Waals surface area (Å²) >= 11 is 1.68. The third-order valence-corrected chi connectivity index (χ3v) is 6.18. The minimum absolute atomic E-state index is 0.163. The van der Waals surface area contributed by atoms with Gasteiger partial charge in [0.15, 0.2) is 0 Å². The van der Waals surface area contributed by atoms with Gasteiger partial charge in [-0.2, -0.15) is 0 Å². The monoisotopic (exact) mass is 416 g/mol. The van der Waals surface area contributed by atoms with Crippen molar-refractivity contribution < 1.29 is 45.0 Å². The highest BCUT2D eigenvalue weighted by Gasteiger charge is 2.33. The van der Waals surface area contributed by atoms with Gasteiger partial charge in [-0.3, -0.25) is 9.59 Å². The Morgan fingerprint density at radius 3 is 1.96 bits per heavy atom. The maximum absolute atomic E-state index is 11.1. The second-order valence-corrected chi connectivity index (χ2v) is 7.95. The van der Waals surface area contributed by atoms with Crippen LogP contribution in [0, 0.1) is 0 Å². The van der Waals surface area contributed by atoms with E-state index in [1.807, 2.05) is 0 Å². The van der Waals surface area contributed by atoms with Gasteiger partial charge in [-0.1, -0.05) is 0 Å². The standard InChI is InChI=1S/C13H24N2O9S2/c1-5(17)15-7(12(23)24)4-26-13(25-3-6(14)11(21)22)10(20)9(19)8(18)2-16/h6-10,13,16,18-20H,2-4,14H2,1H3,(H,15,17)(H,21,22)(H,23,24). The number of aliphatic hydroxyl groups excluding tert-OH is 4. The molecule has 0 aromatic heterocycles. The first-order valence-corrected chi connectivity index (χ1v) is 9.47. The van der Waals surface area contributed by atoms with E-state index in [-0.39, 0.29) is 11.5 Å². The first kappa shape index (κ1) is 24.9. The lowest BCUT2D eigenvalue weighted by molar-refractivity contribution is -0.140. The SMILES string of the molecule is CC(=O)NC(CSC(SCC(N)C(=O)O)C(O)C(O)C(O)CO)C(=O)O. The molecule has 0 bridgehead atoms. The number of hydrogen-bond donors (Lipinski definition) is 8. The molecule has 11 nitrogen and oxygen atoms in total. The molecule has 0 fully saturated rings. The van der Waals surface area contributed by atoms with Crippen LogP contribution in [0.15, 0.2) is 0 Å². The van der Waals surface area contributed by atoms with Crippen molar-refractivity contribution >= 4 is 41.4 Å². The Kier molecular flexibility index (Phi) is 11.8. The van der Waals surface area contributed by atoms with Crippen LogP contribution < -0.4 is 11.1 Å². The number of rotatable bonds is 13. The molecule has 0 saturated carbocycles. The minimum atomic E-state index is -1.75. The Hall–Kier alpha value is -1.09. The Morgan fingerprint density at radius 2 is 1.54 bits per heavy atom. The summed E-state index contributed by atoms with van der Waals surface area (Å²) in [5.74, 6) is -3.54. The van der Waals surface area contributed by atoms with Crippen molar-refractivity contribution in [1.29, 1.82) is 0 Å². The molecule has 9 N–H and O–H groups in total. The number of carbonyl (C=O) groups excluding carboxylic acids is 1. The number of aliphatic hydroxyl groups is 4. The maximum atomic E-state index is 11.1. The predicted molar refractivity (Wildman–Crippen MR) is 94.7 cm³/mol. The summed E-state index contributed by atoms with van der Waals surface area (Å²) in [7, 11) is 0. The van der Waals surface area contributed by atoms with Crippen molar-refractivity contribution in [3.8, 4) is 0 Å². The van der Waals surface area contributed by atoms with Gasteiger partial charge in [0.25, 0.3) is 0 Å². The van der Waals surface area contributed by atoms with Crippen LogP contribution in [0.4, 0.5) is 0 Å². The highest BCUT2D eigenvalue weighted by atomic mass is 32.2. The van der Waals surface area contributed by atoms with Gasteiger partial charge >= 0.3 is 11.9 Å². The van der Waals surface area contributed by atoms with Crippen molar-refractivity contribution in [2.45, 2.75) is 41.9 Å². The molecule has 0 aliphatic rings. The summed E-state index contributed by atoms with van der Waals surface area (Å²) in [6.07, 6.45) is -5.03. The average Bonchev–Trinajstić information content (AvgIpc) is 2.57. The first-order chi connectivity index (χ1) is 12.0. The zero-order chi connectivity index (χ0) is 20.4. The summed E-state index contributed by atoms with van der Waals surface area (Å²) in [6.45, 7) is 0.313. The number of nitrogens with two attached hydrogens (primary N) is 1. The molecule has 0 aliphatic carbocycles. The molecule has 0 aromatic carbocycles. The van der Waals surface area contributed by atoms with Gasteiger partial charge < -0.3 is 41.7 Å². The van der Waals surface area contributed by atoms with Gasteiger partial charge in [0.05, 0.1) is 11.2 Å². The van der Waals surface area contributed by atoms with Crippen LogP contribution in [0.3, 0.4) is 0 Å². The number of carboxylic acid groups (broad SMARTS) is 2. The second-order valence-electron chi connectivity index (χ2n) is 5.30. The zero-order valence-corrected chi connectivity index (χ0v) is 15.5. The van der Waals surface area contributed by atoms with Crippen LogP contribution >= 0.6 is 23.5 Å². The van der Waals surface area contributed by atoms with Crippen LogP contribution in [0.2, 0.25) is 0 Å². The topological polar surface area (TPSA) is 211 Å². The number of amides is 1. The maximum Gasteiger partial charge on any atom is 0.327 e. The van der Waals surface area contributed by atoms with E-state index in [0.717, 1.165) is 30.4 Å². The molecule has 0 heterocycles. The van der Waals surface area contributed by atoms with E-state index >= 15 is 0 Å². The van der Waals surface area contributed by atoms with E-state index in [4.69, 9.17) is 21.1 Å². The molecule has 0 radical (unpaired) electrons. The lowest BCUT2D eigenvalue weighted by Crippen LogP contribution is -2.46. The molecule has 152 valence electrons. The van der Waals surface area contributed by atoms with Gasteiger partial charge in [-0.05, 0) is 0 Å². The fourth-order valence-electron chi connectivity index (χ4n) is 1.62. The Balaban J connectivity index is 5.08. The molecule has 13 heteroatoms. The van der Waals surface area contributed by atoms with Crippen LogP contribution in [-0.4, -0.2) is 102 Å².